The summed E-state index contributed by atoms with van der Waals surface area (Å²) in [5, 5.41) is 5.70. The van der Waals surface area contributed by atoms with Gasteiger partial charge in [-0.05, 0) is 44.9 Å². The Hall–Kier alpha value is -1.81. The molecule has 1 aliphatic heterocycles. The minimum atomic E-state index is 0.290. The molecule has 2 aromatic rings. The van der Waals surface area contributed by atoms with E-state index < -0.39 is 0 Å². The van der Waals surface area contributed by atoms with Gasteiger partial charge in [-0.25, -0.2) is 0 Å². The number of rotatable bonds is 3. The second kappa shape index (κ2) is 5.29. The molecule has 1 aliphatic rings. The van der Waals surface area contributed by atoms with Crippen LogP contribution < -0.4 is 11.1 Å². The quantitative estimate of drug-likeness (QED) is 0.842. The number of benzene rings is 1. The van der Waals surface area contributed by atoms with Crippen LogP contribution in [0, 0.1) is 6.92 Å². The van der Waals surface area contributed by atoms with Crippen LogP contribution in [0.15, 0.2) is 24.4 Å². The van der Waals surface area contributed by atoms with E-state index in [0.717, 1.165) is 47.3 Å². The first-order chi connectivity index (χ1) is 9.65. The van der Waals surface area contributed by atoms with Crippen molar-refractivity contribution in [2.75, 3.05) is 17.7 Å². The van der Waals surface area contributed by atoms with Gasteiger partial charge in [0.05, 0.1) is 6.10 Å². The SMILES string of the molecule is Cc1cc2c(NC(C)C3CCCO3)ccc(N)c2cn1. The average molecular weight is 271 g/mol. The molecule has 2 atom stereocenters. The van der Waals surface area contributed by atoms with Crippen LogP contribution in [0.25, 0.3) is 10.8 Å². The molecule has 2 unspecified atom stereocenters. The van der Waals surface area contributed by atoms with E-state index in [9.17, 15) is 0 Å². The summed E-state index contributed by atoms with van der Waals surface area (Å²) >= 11 is 0. The second-order valence-electron chi connectivity index (χ2n) is 5.56. The predicted molar refractivity (Wildman–Crippen MR) is 83.0 cm³/mol. The van der Waals surface area contributed by atoms with Crippen LogP contribution in [0.4, 0.5) is 11.4 Å². The van der Waals surface area contributed by atoms with Crippen LogP contribution in [-0.4, -0.2) is 23.7 Å². The first-order valence-corrected chi connectivity index (χ1v) is 7.18. The van der Waals surface area contributed by atoms with Crippen molar-refractivity contribution in [1.29, 1.82) is 0 Å². The number of ether oxygens (including phenoxy) is 1. The molecule has 0 aliphatic carbocycles. The summed E-state index contributed by atoms with van der Waals surface area (Å²) < 4.78 is 5.75. The van der Waals surface area contributed by atoms with Crippen LogP contribution in [0.1, 0.15) is 25.5 Å². The van der Waals surface area contributed by atoms with Gasteiger partial charge in [0, 0.05) is 46.7 Å². The Morgan fingerprint density at radius 3 is 3.00 bits per heavy atom. The summed E-state index contributed by atoms with van der Waals surface area (Å²) in [5.74, 6) is 0. The van der Waals surface area contributed by atoms with Gasteiger partial charge in [-0.3, -0.25) is 4.98 Å². The highest BCUT2D eigenvalue weighted by molar-refractivity contribution is 6.00. The van der Waals surface area contributed by atoms with Crippen LogP contribution in [0.2, 0.25) is 0 Å². The third kappa shape index (κ3) is 2.43. The van der Waals surface area contributed by atoms with E-state index in [1.807, 2.05) is 25.3 Å². The fraction of sp³-hybridized carbons (Fsp3) is 0.438. The molecule has 4 nitrogen and oxygen atoms in total. The lowest BCUT2D eigenvalue weighted by molar-refractivity contribution is 0.0997. The van der Waals surface area contributed by atoms with Crippen molar-refractivity contribution in [3.05, 3.63) is 30.1 Å². The number of nitrogens with two attached hydrogens (primary N) is 1. The molecule has 3 N–H and O–H groups in total. The maximum absolute atomic E-state index is 6.04. The molecule has 20 heavy (non-hydrogen) atoms. The summed E-state index contributed by atoms with van der Waals surface area (Å²) in [4.78, 5) is 4.33. The molecule has 0 saturated carbocycles. The molecule has 2 heterocycles. The van der Waals surface area contributed by atoms with Gasteiger partial charge in [-0.1, -0.05) is 0 Å². The first kappa shape index (κ1) is 13.2. The van der Waals surface area contributed by atoms with Crippen LogP contribution in [-0.2, 0) is 4.74 Å². The van der Waals surface area contributed by atoms with Gasteiger partial charge in [0.15, 0.2) is 0 Å². The molecule has 106 valence electrons. The van der Waals surface area contributed by atoms with E-state index in [4.69, 9.17) is 10.5 Å². The summed E-state index contributed by atoms with van der Waals surface area (Å²) in [6.07, 6.45) is 4.43. The lowest BCUT2D eigenvalue weighted by Gasteiger charge is -2.22. The number of anilines is 2. The van der Waals surface area contributed by atoms with Crippen molar-refractivity contribution < 1.29 is 4.74 Å². The monoisotopic (exact) mass is 271 g/mol. The standard InChI is InChI=1S/C16H21N3O/c1-10-8-12-13(9-18-10)14(17)5-6-15(12)19-11(2)16-4-3-7-20-16/h5-6,8-9,11,16,19H,3-4,7,17H2,1-2H3. The Balaban J connectivity index is 1.94. The molecule has 0 bridgehead atoms. The Kier molecular flexibility index (Phi) is 3.49. The lowest BCUT2D eigenvalue weighted by Crippen LogP contribution is -2.30. The normalized spacial score (nSPS) is 20.2. The zero-order valence-electron chi connectivity index (χ0n) is 12.0. The highest BCUT2D eigenvalue weighted by Crippen LogP contribution is 2.30. The van der Waals surface area contributed by atoms with Gasteiger partial charge in [-0.15, -0.1) is 0 Å². The number of nitrogens with zero attached hydrogens (tertiary/aromatic N) is 1. The smallest absolute Gasteiger partial charge is 0.0774 e. The van der Waals surface area contributed by atoms with Crippen molar-refractivity contribution >= 4 is 22.1 Å². The molecule has 1 saturated heterocycles. The number of hydrogen-bond donors (Lipinski definition) is 2. The number of nitrogens with one attached hydrogen (secondary N) is 1. The molecule has 3 rings (SSSR count). The van der Waals surface area contributed by atoms with Gasteiger partial charge in [-0.2, -0.15) is 0 Å². The summed E-state index contributed by atoms with van der Waals surface area (Å²) in [6.45, 7) is 5.05. The van der Waals surface area contributed by atoms with E-state index in [2.05, 4.69) is 23.3 Å². The second-order valence-corrected chi connectivity index (χ2v) is 5.56. The first-order valence-electron chi connectivity index (χ1n) is 7.18. The van der Waals surface area contributed by atoms with Crippen molar-refractivity contribution in [3.63, 3.8) is 0 Å². The molecular weight excluding hydrogens is 250 g/mol. The zero-order valence-corrected chi connectivity index (χ0v) is 12.0. The van der Waals surface area contributed by atoms with E-state index in [1.54, 1.807) is 0 Å². The Morgan fingerprint density at radius 1 is 1.40 bits per heavy atom. The predicted octanol–water partition coefficient (Wildman–Crippen LogP) is 3.10. The van der Waals surface area contributed by atoms with Crippen LogP contribution in [0.3, 0.4) is 0 Å². The Morgan fingerprint density at radius 2 is 2.25 bits per heavy atom. The van der Waals surface area contributed by atoms with E-state index in [-0.39, 0.29) is 6.04 Å². The summed E-state index contributed by atoms with van der Waals surface area (Å²) in [7, 11) is 0. The fourth-order valence-corrected chi connectivity index (χ4v) is 2.83. The van der Waals surface area contributed by atoms with Gasteiger partial charge in [0.2, 0.25) is 0 Å². The summed E-state index contributed by atoms with van der Waals surface area (Å²) in [5.41, 5.74) is 8.90. The van der Waals surface area contributed by atoms with Gasteiger partial charge >= 0.3 is 0 Å². The third-order valence-electron chi connectivity index (χ3n) is 3.98. The number of aromatic nitrogens is 1. The van der Waals surface area contributed by atoms with Gasteiger partial charge in [0.25, 0.3) is 0 Å². The summed E-state index contributed by atoms with van der Waals surface area (Å²) in [6, 6.07) is 6.35. The van der Waals surface area contributed by atoms with Crippen molar-refractivity contribution in [2.24, 2.45) is 0 Å². The molecule has 0 radical (unpaired) electrons. The van der Waals surface area contributed by atoms with Crippen LogP contribution in [0.5, 0.6) is 0 Å². The average Bonchev–Trinajstić information content (AvgIpc) is 2.96. The number of pyridine rings is 1. The molecule has 0 amide bonds. The zero-order chi connectivity index (χ0) is 14.1. The van der Waals surface area contributed by atoms with Crippen molar-refractivity contribution in [1.82, 2.24) is 4.98 Å². The molecular formula is C16H21N3O. The van der Waals surface area contributed by atoms with E-state index >= 15 is 0 Å². The molecule has 1 fully saturated rings. The number of aryl methyl sites for hydroxylation is 1. The maximum Gasteiger partial charge on any atom is 0.0774 e. The van der Waals surface area contributed by atoms with Gasteiger partial charge < -0.3 is 15.8 Å². The maximum atomic E-state index is 6.04. The fourth-order valence-electron chi connectivity index (χ4n) is 2.83. The molecule has 0 spiro atoms. The van der Waals surface area contributed by atoms with E-state index in [1.165, 1.54) is 0 Å². The highest BCUT2D eigenvalue weighted by atomic mass is 16.5. The van der Waals surface area contributed by atoms with E-state index in [0.29, 0.717) is 6.10 Å². The lowest BCUT2D eigenvalue weighted by atomic mass is 10.1. The minimum absolute atomic E-state index is 0.290. The van der Waals surface area contributed by atoms with Crippen molar-refractivity contribution in [3.8, 4) is 0 Å². The molecule has 1 aromatic heterocycles. The Labute approximate surface area is 119 Å². The van der Waals surface area contributed by atoms with Crippen LogP contribution >= 0.6 is 0 Å². The molecule has 1 aromatic carbocycles. The third-order valence-corrected chi connectivity index (χ3v) is 3.98. The highest BCUT2D eigenvalue weighted by Gasteiger charge is 2.22. The minimum Gasteiger partial charge on any atom is -0.398 e. The number of hydrogen-bond acceptors (Lipinski definition) is 4. The Bertz CT molecular complexity index is 620. The number of fused-ring (bicyclic) bond motifs is 1. The molecule has 4 heteroatoms. The largest absolute Gasteiger partial charge is 0.398 e. The topological polar surface area (TPSA) is 60.2 Å². The number of nitrogen functional groups attached to an aromatic ring is 1. The van der Waals surface area contributed by atoms with Gasteiger partial charge in [0.1, 0.15) is 0 Å². The van der Waals surface area contributed by atoms with Crippen molar-refractivity contribution in [2.45, 2.75) is 38.8 Å².